The van der Waals surface area contributed by atoms with Gasteiger partial charge in [0.1, 0.15) is 5.76 Å². The van der Waals surface area contributed by atoms with Crippen molar-refractivity contribution in [3.05, 3.63) is 23.1 Å². The van der Waals surface area contributed by atoms with Gasteiger partial charge in [0.2, 0.25) is 0 Å². The lowest BCUT2D eigenvalue weighted by Gasteiger charge is -2.36. The van der Waals surface area contributed by atoms with E-state index in [1.807, 2.05) is 6.07 Å². The summed E-state index contributed by atoms with van der Waals surface area (Å²) < 4.78 is 5.34. The largest absolute Gasteiger partial charge is 0.448 e. The molecule has 100 valence electrons. The van der Waals surface area contributed by atoms with Gasteiger partial charge in [-0.3, -0.25) is 0 Å². The maximum atomic E-state index is 5.75. The lowest BCUT2D eigenvalue weighted by Crippen LogP contribution is -2.42. The number of nitrogens with one attached hydrogen (secondary N) is 1. The zero-order chi connectivity index (χ0) is 12.5. The quantitative estimate of drug-likeness (QED) is 0.910. The van der Waals surface area contributed by atoms with E-state index in [1.54, 1.807) is 6.07 Å². The molecule has 2 unspecified atom stereocenters. The van der Waals surface area contributed by atoms with E-state index >= 15 is 0 Å². The maximum absolute atomic E-state index is 5.75. The molecule has 2 atom stereocenters. The van der Waals surface area contributed by atoms with Gasteiger partial charge in [-0.1, -0.05) is 0 Å². The standard InChI is InChI=1S/C14H21ClN2O/c1-17-11-2-3-12(17)7-10(6-11)8-16-9-13-4-5-14(15)18-13/h4-5,10-12,16H,2-3,6-9H2,1H3. The summed E-state index contributed by atoms with van der Waals surface area (Å²) in [6.45, 7) is 1.88. The zero-order valence-corrected chi connectivity index (χ0v) is 11.6. The molecule has 2 aliphatic heterocycles. The van der Waals surface area contributed by atoms with Crippen LogP contribution in [0.5, 0.6) is 0 Å². The van der Waals surface area contributed by atoms with Crippen LogP contribution in [0.15, 0.2) is 16.5 Å². The average molecular weight is 269 g/mol. The van der Waals surface area contributed by atoms with Gasteiger partial charge in [-0.2, -0.15) is 0 Å². The molecule has 0 saturated carbocycles. The summed E-state index contributed by atoms with van der Waals surface area (Å²) >= 11 is 5.75. The Kier molecular flexibility index (Phi) is 3.64. The van der Waals surface area contributed by atoms with Crippen molar-refractivity contribution in [3.8, 4) is 0 Å². The Morgan fingerprint density at radius 3 is 2.67 bits per heavy atom. The van der Waals surface area contributed by atoms with E-state index in [0.717, 1.165) is 36.9 Å². The molecule has 2 bridgehead atoms. The van der Waals surface area contributed by atoms with Crippen LogP contribution in [0.1, 0.15) is 31.4 Å². The molecule has 0 radical (unpaired) electrons. The second kappa shape index (κ2) is 5.24. The van der Waals surface area contributed by atoms with Crippen molar-refractivity contribution in [2.75, 3.05) is 13.6 Å². The predicted molar refractivity (Wildman–Crippen MR) is 72.7 cm³/mol. The molecule has 1 aromatic heterocycles. The Bertz CT molecular complexity index is 392. The SMILES string of the molecule is CN1C2CCC1CC(CNCc1ccc(Cl)o1)C2. The number of nitrogens with zero attached hydrogens (tertiary/aromatic N) is 1. The van der Waals surface area contributed by atoms with Gasteiger partial charge in [0.25, 0.3) is 0 Å². The zero-order valence-electron chi connectivity index (χ0n) is 10.9. The minimum Gasteiger partial charge on any atom is -0.448 e. The van der Waals surface area contributed by atoms with Gasteiger partial charge >= 0.3 is 0 Å². The Balaban J connectivity index is 1.44. The van der Waals surface area contributed by atoms with Crippen LogP contribution >= 0.6 is 11.6 Å². The Morgan fingerprint density at radius 2 is 2.06 bits per heavy atom. The highest BCUT2D eigenvalue weighted by molar-refractivity contribution is 6.28. The third-order valence-corrected chi connectivity index (χ3v) is 4.76. The van der Waals surface area contributed by atoms with Crippen LogP contribution in [-0.2, 0) is 6.54 Å². The van der Waals surface area contributed by atoms with E-state index < -0.39 is 0 Å². The van der Waals surface area contributed by atoms with Crippen molar-refractivity contribution in [3.63, 3.8) is 0 Å². The molecule has 0 spiro atoms. The van der Waals surface area contributed by atoms with Crippen molar-refractivity contribution in [1.29, 1.82) is 0 Å². The van der Waals surface area contributed by atoms with Crippen LogP contribution in [0.4, 0.5) is 0 Å². The molecule has 2 fully saturated rings. The highest BCUT2D eigenvalue weighted by Crippen LogP contribution is 2.37. The van der Waals surface area contributed by atoms with E-state index in [2.05, 4.69) is 17.3 Å². The molecule has 4 heteroatoms. The van der Waals surface area contributed by atoms with Crippen LogP contribution in [0, 0.1) is 5.92 Å². The van der Waals surface area contributed by atoms with Crippen LogP contribution < -0.4 is 5.32 Å². The fourth-order valence-corrected chi connectivity index (χ4v) is 3.70. The van der Waals surface area contributed by atoms with Gasteiger partial charge in [0, 0.05) is 12.1 Å². The van der Waals surface area contributed by atoms with Gasteiger partial charge < -0.3 is 14.6 Å². The first kappa shape index (κ1) is 12.5. The molecule has 3 heterocycles. The van der Waals surface area contributed by atoms with Crippen LogP contribution in [-0.4, -0.2) is 30.6 Å². The van der Waals surface area contributed by atoms with E-state index in [9.17, 15) is 0 Å². The Labute approximate surface area is 113 Å². The number of hydrogen-bond acceptors (Lipinski definition) is 3. The van der Waals surface area contributed by atoms with E-state index in [0.29, 0.717) is 5.22 Å². The summed E-state index contributed by atoms with van der Waals surface area (Å²) in [7, 11) is 2.29. The highest BCUT2D eigenvalue weighted by atomic mass is 35.5. The number of fused-ring (bicyclic) bond motifs is 2. The van der Waals surface area contributed by atoms with Gasteiger partial charge in [-0.15, -0.1) is 0 Å². The molecule has 2 aliphatic rings. The van der Waals surface area contributed by atoms with Crippen molar-refractivity contribution >= 4 is 11.6 Å². The van der Waals surface area contributed by atoms with Crippen molar-refractivity contribution in [1.82, 2.24) is 10.2 Å². The first-order valence-corrected chi connectivity index (χ1v) is 7.27. The fourth-order valence-electron chi connectivity index (χ4n) is 3.54. The minimum atomic E-state index is 0.476. The van der Waals surface area contributed by atoms with Crippen LogP contribution in [0.2, 0.25) is 5.22 Å². The monoisotopic (exact) mass is 268 g/mol. The summed E-state index contributed by atoms with van der Waals surface area (Å²) in [5, 5.41) is 3.97. The van der Waals surface area contributed by atoms with E-state index in [-0.39, 0.29) is 0 Å². The second-order valence-corrected chi connectivity index (χ2v) is 6.10. The maximum Gasteiger partial charge on any atom is 0.193 e. The topological polar surface area (TPSA) is 28.4 Å². The molecule has 2 saturated heterocycles. The first-order chi connectivity index (χ1) is 8.72. The number of rotatable bonds is 4. The third-order valence-electron chi connectivity index (χ3n) is 4.56. The number of hydrogen-bond donors (Lipinski definition) is 1. The van der Waals surface area contributed by atoms with Crippen molar-refractivity contribution in [2.24, 2.45) is 5.92 Å². The molecule has 3 nitrogen and oxygen atoms in total. The number of furan rings is 1. The molecule has 0 aromatic carbocycles. The van der Waals surface area contributed by atoms with Crippen molar-refractivity contribution < 1.29 is 4.42 Å². The lowest BCUT2D eigenvalue weighted by molar-refractivity contribution is 0.132. The molecule has 1 aromatic rings. The lowest BCUT2D eigenvalue weighted by atomic mass is 9.91. The number of halogens is 1. The summed E-state index contributed by atoms with van der Waals surface area (Å²) in [6.07, 6.45) is 5.48. The van der Waals surface area contributed by atoms with Crippen LogP contribution in [0.25, 0.3) is 0 Å². The molecule has 0 aliphatic carbocycles. The van der Waals surface area contributed by atoms with E-state index in [1.165, 1.54) is 25.7 Å². The van der Waals surface area contributed by atoms with Crippen LogP contribution in [0.3, 0.4) is 0 Å². The van der Waals surface area contributed by atoms with Gasteiger partial charge in [-0.05, 0) is 68.9 Å². The van der Waals surface area contributed by atoms with Gasteiger partial charge in [0.15, 0.2) is 5.22 Å². The normalized spacial score (nSPS) is 32.0. The highest BCUT2D eigenvalue weighted by Gasteiger charge is 2.37. The first-order valence-electron chi connectivity index (χ1n) is 6.89. The molecular formula is C14H21ClN2O. The third kappa shape index (κ3) is 2.58. The van der Waals surface area contributed by atoms with Gasteiger partial charge in [-0.25, -0.2) is 0 Å². The van der Waals surface area contributed by atoms with Crippen molar-refractivity contribution in [2.45, 2.75) is 44.3 Å². The summed E-state index contributed by atoms with van der Waals surface area (Å²) in [5.74, 6) is 1.75. The average Bonchev–Trinajstić information content (AvgIpc) is 2.82. The molecule has 18 heavy (non-hydrogen) atoms. The van der Waals surface area contributed by atoms with E-state index in [4.69, 9.17) is 16.0 Å². The summed E-state index contributed by atoms with van der Waals surface area (Å²) in [4.78, 5) is 2.59. The summed E-state index contributed by atoms with van der Waals surface area (Å²) in [6, 6.07) is 5.39. The smallest absolute Gasteiger partial charge is 0.193 e. The fraction of sp³-hybridized carbons (Fsp3) is 0.714. The molecule has 3 rings (SSSR count). The predicted octanol–water partition coefficient (Wildman–Crippen LogP) is 2.90. The molecule has 1 N–H and O–H groups in total. The second-order valence-electron chi connectivity index (χ2n) is 5.72. The number of piperidine rings is 1. The van der Waals surface area contributed by atoms with Gasteiger partial charge in [0.05, 0.1) is 6.54 Å². The molecular weight excluding hydrogens is 248 g/mol. The molecule has 0 amide bonds. The Morgan fingerprint density at radius 1 is 1.33 bits per heavy atom. The minimum absolute atomic E-state index is 0.476. The summed E-state index contributed by atoms with van der Waals surface area (Å²) in [5.41, 5.74) is 0. The Hall–Kier alpha value is -0.510.